The molecule has 0 saturated heterocycles. The molecule has 21 heavy (non-hydrogen) atoms. The Balaban J connectivity index is 2.41. The third kappa shape index (κ3) is 5.55. The number of carboxylic acid groups (broad SMARTS) is 1. The molecule has 0 saturated carbocycles. The van der Waals surface area contributed by atoms with E-state index in [9.17, 15) is 14.4 Å². The lowest BCUT2D eigenvalue weighted by molar-refractivity contribution is -0.142. The summed E-state index contributed by atoms with van der Waals surface area (Å²) in [6.07, 6.45) is 0.746. The fourth-order valence-corrected chi connectivity index (χ4v) is 2.17. The minimum absolute atomic E-state index is 0.0427. The molecule has 1 rings (SSSR count). The van der Waals surface area contributed by atoms with Gasteiger partial charge in [0.2, 0.25) is 5.91 Å². The van der Waals surface area contributed by atoms with Crippen molar-refractivity contribution in [1.82, 2.24) is 10.9 Å². The maximum Gasteiger partial charge on any atom is 0.306 e. The largest absolute Gasteiger partial charge is 0.481 e. The van der Waals surface area contributed by atoms with Crippen molar-refractivity contribution in [2.45, 2.75) is 26.2 Å². The van der Waals surface area contributed by atoms with Gasteiger partial charge >= 0.3 is 5.97 Å². The molecular weight excluding hydrogens is 340 g/mol. The van der Waals surface area contributed by atoms with Crippen LogP contribution >= 0.6 is 15.9 Å². The number of aliphatic carboxylic acids is 1. The van der Waals surface area contributed by atoms with Crippen LogP contribution in [0, 0.1) is 5.92 Å². The first-order chi connectivity index (χ1) is 9.95. The number of carbonyl (C=O) groups is 3. The molecule has 1 aromatic carbocycles. The number of rotatable bonds is 6. The number of carbonyl (C=O) groups excluding carboxylic acids is 2. The van der Waals surface area contributed by atoms with E-state index in [1.165, 1.54) is 0 Å². The average Bonchev–Trinajstić information content (AvgIpc) is 2.45. The highest BCUT2D eigenvalue weighted by atomic mass is 79.9. The monoisotopic (exact) mass is 356 g/mol. The van der Waals surface area contributed by atoms with Gasteiger partial charge in [0.15, 0.2) is 0 Å². The molecule has 6 nitrogen and oxygen atoms in total. The van der Waals surface area contributed by atoms with Gasteiger partial charge in [-0.2, -0.15) is 0 Å². The van der Waals surface area contributed by atoms with Crippen LogP contribution in [-0.4, -0.2) is 22.9 Å². The Morgan fingerprint density at radius 3 is 2.48 bits per heavy atom. The number of halogens is 1. The number of hydrazine groups is 1. The smallest absolute Gasteiger partial charge is 0.306 e. The van der Waals surface area contributed by atoms with Crippen LogP contribution in [0.25, 0.3) is 0 Å². The summed E-state index contributed by atoms with van der Waals surface area (Å²) in [5.41, 5.74) is 4.97. The molecule has 1 atom stereocenters. The second kappa shape index (κ2) is 8.41. The van der Waals surface area contributed by atoms with E-state index in [0.717, 1.165) is 0 Å². The summed E-state index contributed by atoms with van der Waals surface area (Å²) in [6.45, 7) is 1.76. The molecule has 114 valence electrons. The minimum atomic E-state index is -0.914. The van der Waals surface area contributed by atoms with Gasteiger partial charge in [-0.1, -0.05) is 19.1 Å². The summed E-state index contributed by atoms with van der Waals surface area (Å²) in [5, 5.41) is 8.88. The van der Waals surface area contributed by atoms with Crippen molar-refractivity contribution in [3.05, 3.63) is 34.3 Å². The third-order valence-corrected chi connectivity index (χ3v) is 3.69. The number of benzene rings is 1. The normalized spacial score (nSPS) is 11.5. The third-order valence-electron chi connectivity index (χ3n) is 3.00. The van der Waals surface area contributed by atoms with Crippen LogP contribution in [0.4, 0.5) is 0 Å². The molecule has 0 heterocycles. The van der Waals surface area contributed by atoms with Crippen molar-refractivity contribution in [3.8, 4) is 0 Å². The zero-order valence-corrected chi connectivity index (χ0v) is 13.1. The average molecular weight is 357 g/mol. The fraction of sp³-hybridized carbons (Fsp3) is 0.357. The number of hydrogen-bond acceptors (Lipinski definition) is 3. The van der Waals surface area contributed by atoms with Crippen LogP contribution < -0.4 is 10.9 Å². The minimum Gasteiger partial charge on any atom is -0.481 e. The second-order valence-electron chi connectivity index (χ2n) is 4.46. The molecule has 0 aliphatic carbocycles. The van der Waals surface area contributed by atoms with Gasteiger partial charge in [0.25, 0.3) is 5.91 Å². The Morgan fingerprint density at radius 1 is 1.24 bits per heavy atom. The molecule has 0 aliphatic rings. The van der Waals surface area contributed by atoms with Crippen LogP contribution in [0.15, 0.2) is 28.7 Å². The highest BCUT2D eigenvalue weighted by Gasteiger charge is 2.17. The highest BCUT2D eigenvalue weighted by molar-refractivity contribution is 9.10. The molecule has 0 spiro atoms. The number of amides is 2. The summed E-state index contributed by atoms with van der Waals surface area (Å²) in [4.78, 5) is 34.2. The first-order valence-corrected chi connectivity index (χ1v) is 7.31. The van der Waals surface area contributed by atoms with Crippen LogP contribution in [0.2, 0.25) is 0 Å². The lowest BCUT2D eigenvalue weighted by Gasteiger charge is -2.11. The van der Waals surface area contributed by atoms with E-state index in [1.54, 1.807) is 31.2 Å². The first-order valence-electron chi connectivity index (χ1n) is 6.52. The maximum atomic E-state index is 11.8. The van der Waals surface area contributed by atoms with Crippen LogP contribution in [0.5, 0.6) is 0 Å². The van der Waals surface area contributed by atoms with E-state index in [4.69, 9.17) is 5.11 Å². The molecule has 0 bridgehead atoms. The number of hydrogen-bond donors (Lipinski definition) is 3. The van der Waals surface area contributed by atoms with E-state index in [-0.39, 0.29) is 12.8 Å². The number of carboxylic acids is 1. The SMILES string of the molecule is CC[C@@H](CCC(=O)NNC(=O)c1ccccc1Br)C(=O)O. The van der Waals surface area contributed by atoms with Crippen molar-refractivity contribution in [3.63, 3.8) is 0 Å². The van der Waals surface area contributed by atoms with Crippen molar-refractivity contribution in [1.29, 1.82) is 0 Å². The van der Waals surface area contributed by atoms with E-state index in [2.05, 4.69) is 26.8 Å². The first kappa shape index (κ1) is 17.2. The highest BCUT2D eigenvalue weighted by Crippen LogP contribution is 2.15. The van der Waals surface area contributed by atoms with Gasteiger partial charge in [-0.05, 0) is 40.9 Å². The Hall–Kier alpha value is -1.89. The van der Waals surface area contributed by atoms with Crippen LogP contribution in [0.1, 0.15) is 36.5 Å². The number of nitrogens with one attached hydrogen (secondary N) is 2. The van der Waals surface area contributed by atoms with Gasteiger partial charge in [-0.25, -0.2) is 0 Å². The van der Waals surface area contributed by atoms with E-state index >= 15 is 0 Å². The predicted molar refractivity (Wildman–Crippen MR) is 80.4 cm³/mol. The van der Waals surface area contributed by atoms with Gasteiger partial charge in [0.05, 0.1) is 11.5 Å². The molecule has 0 aliphatic heterocycles. The molecule has 0 unspecified atom stereocenters. The Bertz CT molecular complexity index is 533. The van der Waals surface area contributed by atoms with Crippen molar-refractivity contribution >= 4 is 33.7 Å². The van der Waals surface area contributed by atoms with Gasteiger partial charge < -0.3 is 5.11 Å². The standard InChI is InChI=1S/C14H17BrN2O4/c1-2-9(14(20)21)7-8-12(18)16-17-13(19)10-5-3-4-6-11(10)15/h3-6,9H,2,7-8H2,1H3,(H,16,18)(H,17,19)(H,20,21)/t9-/m0/s1. The zero-order valence-electron chi connectivity index (χ0n) is 11.6. The molecular formula is C14H17BrN2O4. The molecule has 1 aromatic rings. The van der Waals surface area contributed by atoms with Gasteiger partial charge in [0.1, 0.15) is 0 Å². The molecule has 7 heteroatoms. The maximum absolute atomic E-state index is 11.8. The molecule has 0 radical (unpaired) electrons. The molecule has 0 fully saturated rings. The lowest BCUT2D eigenvalue weighted by atomic mass is 10.0. The molecule has 0 aromatic heterocycles. The molecule has 3 N–H and O–H groups in total. The Morgan fingerprint density at radius 2 is 1.90 bits per heavy atom. The summed E-state index contributed by atoms with van der Waals surface area (Å²) in [5.74, 6) is -2.33. The van der Waals surface area contributed by atoms with Crippen molar-refractivity contribution in [2.24, 2.45) is 5.92 Å². The summed E-state index contributed by atoms with van der Waals surface area (Å²) >= 11 is 3.24. The summed E-state index contributed by atoms with van der Waals surface area (Å²) < 4.78 is 0.619. The predicted octanol–water partition coefficient (Wildman–Crippen LogP) is 2.10. The van der Waals surface area contributed by atoms with E-state index in [0.29, 0.717) is 16.5 Å². The topological polar surface area (TPSA) is 95.5 Å². The van der Waals surface area contributed by atoms with E-state index in [1.807, 2.05) is 0 Å². The molecule has 2 amide bonds. The van der Waals surface area contributed by atoms with Crippen molar-refractivity contribution < 1.29 is 19.5 Å². The Kier molecular flexibility index (Phi) is 6.87. The lowest BCUT2D eigenvalue weighted by Crippen LogP contribution is -2.41. The van der Waals surface area contributed by atoms with Crippen LogP contribution in [-0.2, 0) is 9.59 Å². The fourth-order valence-electron chi connectivity index (χ4n) is 1.71. The van der Waals surface area contributed by atoms with Crippen LogP contribution in [0.3, 0.4) is 0 Å². The quantitative estimate of drug-likeness (QED) is 0.680. The van der Waals surface area contributed by atoms with E-state index < -0.39 is 23.7 Å². The van der Waals surface area contributed by atoms with Gasteiger partial charge in [-0.15, -0.1) is 0 Å². The zero-order chi connectivity index (χ0) is 15.8. The Labute approximate surface area is 131 Å². The van der Waals surface area contributed by atoms with Gasteiger partial charge in [-0.3, -0.25) is 25.2 Å². The summed E-state index contributed by atoms with van der Waals surface area (Å²) in [6, 6.07) is 6.81. The van der Waals surface area contributed by atoms with Gasteiger partial charge in [0, 0.05) is 10.9 Å². The second-order valence-corrected chi connectivity index (χ2v) is 5.32. The van der Waals surface area contributed by atoms with Crippen molar-refractivity contribution in [2.75, 3.05) is 0 Å². The summed E-state index contributed by atoms with van der Waals surface area (Å²) in [7, 11) is 0.